The predicted octanol–water partition coefficient (Wildman–Crippen LogP) is 8.27. The molecule has 0 aliphatic rings. The number of methoxy groups -OCH3 is 2. The first kappa shape index (κ1) is 38.7. The number of anilines is 2. The van der Waals surface area contributed by atoms with Crippen LogP contribution in [0.15, 0.2) is 36.4 Å². The number of unbranched alkanes of at least 4 members (excludes halogenated alkanes) is 4. The second-order valence-corrected chi connectivity index (χ2v) is 11.4. The van der Waals surface area contributed by atoms with Gasteiger partial charge >= 0.3 is 12.2 Å². The van der Waals surface area contributed by atoms with E-state index in [4.69, 9.17) is 18.9 Å². The van der Waals surface area contributed by atoms with Crippen LogP contribution in [0.5, 0.6) is 11.5 Å². The van der Waals surface area contributed by atoms with Crippen molar-refractivity contribution < 1.29 is 28.5 Å². The highest BCUT2D eigenvalue weighted by Gasteiger charge is 2.15. The van der Waals surface area contributed by atoms with Gasteiger partial charge in [-0.1, -0.05) is 65.5 Å². The van der Waals surface area contributed by atoms with Gasteiger partial charge in [0.05, 0.1) is 25.6 Å². The lowest BCUT2D eigenvalue weighted by molar-refractivity contribution is 0.137. The number of amides is 2. The molecule has 0 bridgehead atoms. The zero-order valence-corrected chi connectivity index (χ0v) is 29.1. The minimum Gasteiger partial charge on any atom is -0.495 e. The van der Waals surface area contributed by atoms with Crippen molar-refractivity contribution in [1.82, 2.24) is 9.80 Å². The van der Waals surface area contributed by atoms with E-state index in [1.54, 1.807) is 26.4 Å². The summed E-state index contributed by atoms with van der Waals surface area (Å²) >= 11 is 0. The number of nitrogens with zero attached hydrogens (tertiary/aromatic N) is 2. The molecule has 2 N–H and O–H groups in total. The van der Waals surface area contributed by atoms with E-state index < -0.39 is 12.2 Å². The van der Waals surface area contributed by atoms with Gasteiger partial charge in [0.25, 0.3) is 0 Å². The average molecular weight is 643 g/mol. The van der Waals surface area contributed by atoms with E-state index in [1.165, 1.54) is 0 Å². The number of ether oxygens (including phenoxy) is 4. The Morgan fingerprint density at radius 1 is 0.565 bits per heavy atom. The zero-order chi connectivity index (χ0) is 33.6. The summed E-state index contributed by atoms with van der Waals surface area (Å²) < 4.78 is 22.1. The van der Waals surface area contributed by atoms with Gasteiger partial charge in [-0.25, -0.2) is 9.59 Å². The Kier molecular flexibility index (Phi) is 19.3. The zero-order valence-electron chi connectivity index (χ0n) is 29.1. The van der Waals surface area contributed by atoms with Crippen LogP contribution < -0.4 is 20.1 Å². The van der Waals surface area contributed by atoms with Gasteiger partial charge in [-0.15, -0.1) is 0 Å². The van der Waals surface area contributed by atoms with Crippen LogP contribution in [-0.2, 0) is 9.47 Å². The second kappa shape index (κ2) is 22.9. The highest BCUT2D eigenvalue weighted by Crippen LogP contribution is 2.35. The molecular weight excluding hydrogens is 584 g/mol. The normalized spacial score (nSPS) is 11.0. The van der Waals surface area contributed by atoms with E-state index in [9.17, 15) is 9.59 Å². The standard InChI is InChI=1S/C36H58N4O6/c1-7-11-19-39(20-12-8-2)23-25-45-35(41)37-31-17-15-29(27-33(31)43-5)30-16-18-32(34(28-30)44-6)38-36(42)46-26-24-40(21-13-9-3)22-14-10-4/h15-18,27-28H,7-14,19-26H2,1-6H3,(H,37,41)(H,38,42). The van der Waals surface area contributed by atoms with E-state index in [-0.39, 0.29) is 0 Å². The van der Waals surface area contributed by atoms with Gasteiger partial charge in [-0.05, 0) is 87.3 Å². The number of nitrogens with one attached hydrogen (secondary N) is 2. The summed E-state index contributed by atoms with van der Waals surface area (Å²) in [5.74, 6) is 0.997. The summed E-state index contributed by atoms with van der Waals surface area (Å²) in [6, 6.07) is 11.0. The van der Waals surface area contributed by atoms with E-state index in [0.29, 0.717) is 49.2 Å². The maximum atomic E-state index is 12.6. The van der Waals surface area contributed by atoms with Crippen molar-refractivity contribution in [3.8, 4) is 22.6 Å². The molecule has 2 amide bonds. The topological polar surface area (TPSA) is 102 Å². The maximum Gasteiger partial charge on any atom is 0.411 e. The quantitative estimate of drug-likeness (QED) is 0.125. The van der Waals surface area contributed by atoms with Crippen molar-refractivity contribution >= 4 is 23.6 Å². The third-order valence-electron chi connectivity index (χ3n) is 7.80. The largest absolute Gasteiger partial charge is 0.495 e. The molecule has 2 aromatic rings. The molecule has 0 saturated heterocycles. The Morgan fingerprint density at radius 2 is 0.913 bits per heavy atom. The molecule has 0 unspecified atom stereocenters. The van der Waals surface area contributed by atoms with Crippen LogP contribution in [0.25, 0.3) is 11.1 Å². The Bertz CT molecular complexity index is 1060. The summed E-state index contributed by atoms with van der Waals surface area (Å²) in [5, 5.41) is 5.61. The van der Waals surface area contributed by atoms with Crippen molar-refractivity contribution in [2.45, 2.75) is 79.1 Å². The van der Waals surface area contributed by atoms with Crippen LogP contribution in [0.3, 0.4) is 0 Å². The Morgan fingerprint density at radius 3 is 1.22 bits per heavy atom. The van der Waals surface area contributed by atoms with Crippen LogP contribution in [0.1, 0.15) is 79.1 Å². The smallest absolute Gasteiger partial charge is 0.411 e. The first-order valence-corrected chi connectivity index (χ1v) is 17.1. The van der Waals surface area contributed by atoms with Crippen molar-refractivity contribution in [3.63, 3.8) is 0 Å². The molecule has 10 nitrogen and oxygen atoms in total. The molecule has 0 aliphatic carbocycles. The molecule has 258 valence electrons. The number of carbonyl (C=O) groups is 2. The maximum absolute atomic E-state index is 12.6. The van der Waals surface area contributed by atoms with Crippen LogP contribution in [0.2, 0.25) is 0 Å². The third-order valence-corrected chi connectivity index (χ3v) is 7.80. The molecular formula is C36H58N4O6. The lowest BCUT2D eigenvalue weighted by atomic mass is 10.0. The molecule has 10 heteroatoms. The Hall–Kier alpha value is -3.50. The summed E-state index contributed by atoms with van der Waals surface area (Å²) in [5.41, 5.74) is 2.73. The molecule has 0 spiro atoms. The van der Waals surface area contributed by atoms with E-state index in [1.807, 2.05) is 24.3 Å². The van der Waals surface area contributed by atoms with Gasteiger partial charge in [-0.2, -0.15) is 0 Å². The Balaban J connectivity index is 1.97. The monoisotopic (exact) mass is 642 g/mol. The van der Waals surface area contributed by atoms with E-state index in [2.05, 4.69) is 48.1 Å². The van der Waals surface area contributed by atoms with Crippen molar-refractivity contribution in [2.24, 2.45) is 0 Å². The number of hydrogen-bond acceptors (Lipinski definition) is 8. The molecule has 0 aromatic heterocycles. The molecule has 0 saturated carbocycles. The minimum absolute atomic E-state index is 0.323. The fourth-order valence-electron chi connectivity index (χ4n) is 4.97. The fraction of sp³-hybridized carbons (Fsp3) is 0.611. The lowest BCUT2D eigenvalue weighted by Crippen LogP contribution is -2.31. The lowest BCUT2D eigenvalue weighted by Gasteiger charge is -2.21. The van der Waals surface area contributed by atoms with Crippen molar-refractivity contribution in [1.29, 1.82) is 0 Å². The van der Waals surface area contributed by atoms with Gasteiger partial charge in [-0.3, -0.25) is 20.4 Å². The van der Waals surface area contributed by atoms with Gasteiger partial charge < -0.3 is 18.9 Å². The van der Waals surface area contributed by atoms with E-state index >= 15 is 0 Å². The molecule has 0 aliphatic heterocycles. The number of benzene rings is 2. The second-order valence-electron chi connectivity index (χ2n) is 11.4. The number of rotatable bonds is 23. The highest BCUT2D eigenvalue weighted by molar-refractivity contribution is 5.89. The molecule has 2 aromatic carbocycles. The number of hydrogen-bond donors (Lipinski definition) is 2. The molecule has 0 atom stereocenters. The average Bonchev–Trinajstić information content (AvgIpc) is 3.06. The van der Waals surface area contributed by atoms with Gasteiger partial charge in [0.1, 0.15) is 24.7 Å². The summed E-state index contributed by atoms with van der Waals surface area (Å²) in [4.78, 5) is 29.8. The molecule has 0 heterocycles. The van der Waals surface area contributed by atoms with Crippen LogP contribution in [0, 0.1) is 0 Å². The minimum atomic E-state index is -0.518. The molecule has 0 fully saturated rings. The van der Waals surface area contributed by atoms with Crippen LogP contribution in [0.4, 0.5) is 21.0 Å². The van der Waals surface area contributed by atoms with Crippen molar-refractivity contribution in [3.05, 3.63) is 36.4 Å². The summed E-state index contributed by atoms with van der Waals surface area (Å²) in [6.07, 6.45) is 8.05. The Labute approximate surface area is 277 Å². The van der Waals surface area contributed by atoms with Gasteiger partial charge in [0, 0.05) is 13.1 Å². The van der Waals surface area contributed by atoms with E-state index in [0.717, 1.165) is 88.7 Å². The fourth-order valence-corrected chi connectivity index (χ4v) is 4.97. The van der Waals surface area contributed by atoms with Crippen LogP contribution in [-0.4, -0.2) is 88.7 Å². The molecule has 0 radical (unpaired) electrons. The number of carbonyl (C=O) groups excluding carboxylic acids is 2. The predicted molar refractivity (Wildman–Crippen MR) is 187 cm³/mol. The summed E-state index contributed by atoms with van der Waals surface area (Å²) in [7, 11) is 3.11. The van der Waals surface area contributed by atoms with Crippen LogP contribution >= 0.6 is 0 Å². The molecule has 46 heavy (non-hydrogen) atoms. The van der Waals surface area contributed by atoms with Gasteiger partial charge in [0.2, 0.25) is 0 Å². The summed E-state index contributed by atoms with van der Waals surface area (Å²) in [6.45, 7) is 14.9. The molecule has 2 rings (SSSR count). The SMILES string of the molecule is CCCCN(CCCC)CCOC(=O)Nc1ccc(-c2ccc(NC(=O)OCCN(CCCC)CCCC)c(OC)c2)cc1OC. The van der Waals surface area contributed by atoms with Gasteiger partial charge in [0.15, 0.2) is 0 Å². The van der Waals surface area contributed by atoms with Crippen molar-refractivity contribution in [2.75, 3.05) is 77.3 Å². The highest BCUT2D eigenvalue weighted by atomic mass is 16.6. The first-order valence-electron chi connectivity index (χ1n) is 17.1. The first-order chi connectivity index (χ1) is 22.4. The third kappa shape index (κ3) is 14.3.